The first kappa shape index (κ1) is 17.1. The van der Waals surface area contributed by atoms with Crippen molar-refractivity contribution < 1.29 is 0 Å². The van der Waals surface area contributed by atoms with E-state index in [9.17, 15) is 0 Å². The lowest BCUT2D eigenvalue weighted by Crippen LogP contribution is -2.42. The van der Waals surface area contributed by atoms with Crippen LogP contribution in [0.2, 0.25) is 0 Å². The Hall–Kier alpha value is -2.74. The zero-order valence-electron chi connectivity index (χ0n) is 18.1. The molecule has 2 heteroatoms. The van der Waals surface area contributed by atoms with Gasteiger partial charge in [-0.15, -0.1) is 0 Å². The molecule has 1 aliphatic rings. The molecule has 1 aliphatic carbocycles. The second kappa shape index (κ2) is 4.87. The van der Waals surface area contributed by atoms with Gasteiger partial charge in [0.05, 0.1) is 5.52 Å². The van der Waals surface area contributed by atoms with Crippen LogP contribution in [0.1, 0.15) is 52.7 Å². The third-order valence-corrected chi connectivity index (χ3v) is 8.85. The van der Waals surface area contributed by atoms with Gasteiger partial charge in [-0.25, -0.2) is 0 Å². The van der Waals surface area contributed by atoms with Crippen molar-refractivity contribution in [1.82, 2.24) is 9.97 Å². The normalized spacial score (nSPS) is 19.5. The van der Waals surface area contributed by atoms with Crippen LogP contribution in [0.15, 0.2) is 48.5 Å². The number of H-pyrrole nitrogens is 2. The summed E-state index contributed by atoms with van der Waals surface area (Å²) in [4.78, 5) is 7.38. The van der Waals surface area contributed by atoms with Gasteiger partial charge in [0.15, 0.2) is 0 Å². The standard InChI is InChI=1S/C27H28N2/c1-25(2)18-13-17-15-11-12-21-23(16-9-7-8-10-20(16)28-21)24(15)29-22(17)14-19(18)26(3,4)27(25,5)6/h7-14,28-29H,1-6H3. The molecule has 0 atom stereocenters. The third kappa shape index (κ3) is 1.79. The van der Waals surface area contributed by atoms with Gasteiger partial charge in [0.1, 0.15) is 0 Å². The monoisotopic (exact) mass is 380 g/mol. The molecule has 2 aromatic heterocycles. The van der Waals surface area contributed by atoms with Gasteiger partial charge in [0, 0.05) is 38.1 Å². The van der Waals surface area contributed by atoms with Crippen LogP contribution >= 0.6 is 0 Å². The Morgan fingerprint density at radius 1 is 0.586 bits per heavy atom. The molecule has 0 radical (unpaired) electrons. The van der Waals surface area contributed by atoms with E-state index in [1.807, 2.05) is 0 Å². The highest BCUT2D eigenvalue weighted by atomic mass is 14.7. The fourth-order valence-electron chi connectivity index (χ4n) is 5.85. The van der Waals surface area contributed by atoms with Crippen molar-refractivity contribution in [2.24, 2.45) is 5.41 Å². The number of aromatic nitrogens is 2. The fourth-order valence-corrected chi connectivity index (χ4v) is 5.85. The number of hydrogen-bond acceptors (Lipinski definition) is 0. The summed E-state index contributed by atoms with van der Waals surface area (Å²) in [6.45, 7) is 14.5. The van der Waals surface area contributed by atoms with Gasteiger partial charge >= 0.3 is 0 Å². The van der Waals surface area contributed by atoms with Gasteiger partial charge < -0.3 is 9.97 Å². The lowest BCUT2D eigenvalue weighted by atomic mass is 9.59. The van der Waals surface area contributed by atoms with E-state index in [4.69, 9.17) is 0 Å². The molecule has 0 aliphatic heterocycles. The van der Waals surface area contributed by atoms with Gasteiger partial charge in [-0.05, 0) is 51.6 Å². The van der Waals surface area contributed by atoms with Gasteiger partial charge in [-0.3, -0.25) is 0 Å². The quantitative estimate of drug-likeness (QED) is 0.278. The molecule has 29 heavy (non-hydrogen) atoms. The number of para-hydroxylation sites is 1. The number of hydrogen-bond donors (Lipinski definition) is 2. The van der Waals surface area contributed by atoms with Gasteiger partial charge in [-0.2, -0.15) is 0 Å². The molecule has 0 spiro atoms. The van der Waals surface area contributed by atoms with Crippen LogP contribution in [-0.4, -0.2) is 9.97 Å². The molecule has 2 heterocycles. The van der Waals surface area contributed by atoms with Crippen molar-refractivity contribution in [3.63, 3.8) is 0 Å². The Labute approximate surface area is 171 Å². The summed E-state index contributed by atoms with van der Waals surface area (Å²) in [7, 11) is 0. The lowest BCUT2D eigenvalue weighted by Gasteiger charge is -2.44. The lowest BCUT2D eigenvalue weighted by molar-refractivity contribution is 0.125. The molecular formula is C27H28N2. The number of rotatable bonds is 0. The Kier molecular flexibility index (Phi) is 2.88. The highest BCUT2D eigenvalue weighted by Crippen LogP contribution is 2.62. The van der Waals surface area contributed by atoms with Crippen LogP contribution in [0.5, 0.6) is 0 Å². The van der Waals surface area contributed by atoms with E-state index in [1.165, 1.54) is 54.7 Å². The smallest absolute Gasteiger partial charge is 0.0566 e. The maximum absolute atomic E-state index is 3.80. The molecule has 2 nitrogen and oxygen atoms in total. The Morgan fingerprint density at radius 2 is 1.28 bits per heavy atom. The number of benzene rings is 3. The fraction of sp³-hybridized carbons (Fsp3) is 0.333. The molecular weight excluding hydrogens is 352 g/mol. The molecule has 0 saturated carbocycles. The van der Waals surface area contributed by atoms with Crippen molar-refractivity contribution in [2.75, 3.05) is 0 Å². The first-order chi connectivity index (χ1) is 13.6. The molecule has 6 rings (SSSR count). The van der Waals surface area contributed by atoms with Crippen molar-refractivity contribution in [2.45, 2.75) is 52.4 Å². The molecule has 2 N–H and O–H groups in total. The minimum atomic E-state index is 0.118. The first-order valence-electron chi connectivity index (χ1n) is 10.6. The SMILES string of the molecule is CC1(C)c2cc3[nH]c4c(ccc5[nH]c6ccccc6c54)c3cc2C(C)(C)C1(C)C. The second-order valence-corrected chi connectivity index (χ2v) is 10.5. The van der Waals surface area contributed by atoms with Crippen molar-refractivity contribution in [3.8, 4) is 0 Å². The number of nitrogens with one attached hydrogen (secondary N) is 2. The Morgan fingerprint density at radius 3 is 2.03 bits per heavy atom. The summed E-state index contributed by atoms with van der Waals surface area (Å²) in [5, 5.41) is 5.24. The van der Waals surface area contributed by atoms with Gasteiger partial charge in [0.25, 0.3) is 0 Å². The topological polar surface area (TPSA) is 31.6 Å². The summed E-state index contributed by atoms with van der Waals surface area (Å²) >= 11 is 0. The zero-order valence-corrected chi connectivity index (χ0v) is 18.1. The first-order valence-corrected chi connectivity index (χ1v) is 10.6. The summed E-state index contributed by atoms with van der Waals surface area (Å²) < 4.78 is 0. The third-order valence-electron chi connectivity index (χ3n) is 8.85. The molecule has 3 aromatic carbocycles. The van der Waals surface area contributed by atoms with E-state index in [0.717, 1.165) is 0 Å². The van der Waals surface area contributed by atoms with E-state index >= 15 is 0 Å². The van der Waals surface area contributed by atoms with E-state index in [0.29, 0.717) is 0 Å². The van der Waals surface area contributed by atoms with Crippen LogP contribution < -0.4 is 0 Å². The van der Waals surface area contributed by atoms with Crippen LogP contribution in [0.3, 0.4) is 0 Å². The van der Waals surface area contributed by atoms with E-state index in [2.05, 4.69) is 100 Å². The molecule has 0 unspecified atom stereocenters. The predicted molar refractivity (Wildman–Crippen MR) is 125 cm³/mol. The summed E-state index contributed by atoms with van der Waals surface area (Å²) in [6, 6.07) is 18.0. The van der Waals surface area contributed by atoms with Crippen molar-refractivity contribution in [1.29, 1.82) is 0 Å². The molecule has 0 bridgehead atoms. The molecule has 0 amide bonds. The molecule has 146 valence electrons. The maximum atomic E-state index is 3.80. The molecule has 0 fully saturated rings. The Balaban J connectivity index is 1.77. The van der Waals surface area contributed by atoms with Crippen molar-refractivity contribution in [3.05, 3.63) is 59.7 Å². The molecule has 5 aromatic rings. The van der Waals surface area contributed by atoms with E-state index < -0.39 is 0 Å². The van der Waals surface area contributed by atoms with Crippen LogP contribution in [0, 0.1) is 5.41 Å². The van der Waals surface area contributed by atoms with Crippen LogP contribution in [-0.2, 0) is 10.8 Å². The van der Waals surface area contributed by atoms with Crippen LogP contribution in [0.4, 0.5) is 0 Å². The minimum Gasteiger partial charge on any atom is -0.354 e. The zero-order chi connectivity index (χ0) is 20.3. The summed E-state index contributed by atoms with van der Waals surface area (Å²) in [6.07, 6.45) is 0. The highest BCUT2D eigenvalue weighted by molar-refractivity contribution is 6.24. The average molecular weight is 381 g/mol. The maximum Gasteiger partial charge on any atom is 0.0566 e. The summed E-state index contributed by atoms with van der Waals surface area (Å²) in [5.74, 6) is 0. The van der Waals surface area contributed by atoms with E-state index in [1.54, 1.807) is 0 Å². The number of aromatic amines is 2. The van der Waals surface area contributed by atoms with Gasteiger partial charge in [-0.1, -0.05) is 65.8 Å². The van der Waals surface area contributed by atoms with Gasteiger partial charge in [0.2, 0.25) is 0 Å². The number of fused-ring (bicyclic) bond motifs is 8. The summed E-state index contributed by atoms with van der Waals surface area (Å²) in [5.41, 5.74) is 8.29. The molecule has 0 saturated heterocycles. The average Bonchev–Trinajstić information content (AvgIpc) is 3.26. The van der Waals surface area contributed by atoms with Crippen LogP contribution in [0.25, 0.3) is 43.6 Å². The minimum absolute atomic E-state index is 0.118. The highest BCUT2D eigenvalue weighted by Gasteiger charge is 2.56. The van der Waals surface area contributed by atoms with Crippen molar-refractivity contribution >= 4 is 43.6 Å². The second-order valence-electron chi connectivity index (χ2n) is 10.5. The van der Waals surface area contributed by atoms with E-state index in [-0.39, 0.29) is 16.2 Å². The Bertz CT molecular complexity index is 1470. The predicted octanol–water partition coefficient (Wildman–Crippen LogP) is 7.55. The largest absolute Gasteiger partial charge is 0.354 e.